The number of esters is 1. The van der Waals surface area contributed by atoms with E-state index in [4.69, 9.17) is 4.52 Å². The van der Waals surface area contributed by atoms with Crippen molar-refractivity contribution in [2.45, 2.75) is 25.4 Å². The van der Waals surface area contributed by atoms with Gasteiger partial charge in [0, 0.05) is 18.7 Å². The van der Waals surface area contributed by atoms with E-state index in [-0.39, 0.29) is 33.2 Å². The number of aromatic nitrogens is 3. The van der Waals surface area contributed by atoms with Crippen LogP contribution in [0.2, 0.25) is 0 Å². The minimum atomic E-state index is -5.85. The third-order valence-electron chi connectivity index (χ3n) is 4.29. The van der Waals surface area contributed by atoms with Gasteiger partial charge in [0.1, 0.15) is 16.6 Å². The molecule has 1 unspecified atom stereocenters. The van der Waals surface area contributed by atoms with E-state index in [9.17, 15) is 36.4 Å². The maximum atomic E-state index is 13.7. The molecule has 1 atom stereocenters. The first-order valence-electron chi connectivity index (χ1n) is 8.71. The third-order valence-corrected chi connectivity index (χ3v) is 5.34. The Balaban J connectivity index is 1.95. The SMILES string of the molecule is COC(=O)c1cc(-c2cc(-c3c(C)c(OC(F)(F)C(F)C(F)(F)F)nn3C)no2)sc1C#N. The highest BCUT2D eigenvalue weighted by Crippen LogP contribution is 2.39. The van der Waals surface area contributed by atoms with Crippen LogP contribution >= 0.6 is 11.3 Å². The van der Waals surface area contributed by atoms with E-state index in [2.05, 4.69) is 19.7 Å². The van der Waals surface area contributed by atoms with Crippen molar-refractivity contribution in [1.29, 1.82) is 5.26 Å². The molecule has 3 aromatic heterocycles. The third kappa shape index (κ3) is 4.51. The summed E-state index contributed by atoms with van der Waals surface area (Å²) in [5.41, 5.74) is -0.109. The Hall–Kier alpha value is -3.54. The summed E-state index contributed by atoms with van der Waals surface area (Å²) in [6.45, 7) is 1.21. The number of nitrogens with zero attached hydrogens (tertiary/aromatic N) is 4. The van der Waals surface area contributed by atoms with Gasteiger partial charge in [0.05, 0.1) is 23.2 Å². The average Bonchev–Trinajstić information content (AvgIpc) is 3.43. The first kappa shape index (κ1) is 24.1. The Morgan fingerprint density at radius 1 is 1.30 bits per heavy atom. The summed E-state index contributed by atoms with van der Waals surface area (Å²) in [6, 6.07) is 4.51. The maximum Gasteiger partial charge on any atom is 0.440 e. The van der Waals surface area contributed by atoms with E-state index in [1.54, 1.807) is 0 Å². The molecule has 0 spiro atoms. The summed E-state index contributed by atoms with van der Waals surface area (Å²) in [5.74, 6) is -1.59. The number of rotatable bonds is 6. The van der Waals surface area contributed by atoms with Crippen molar-refractivity contribution < 1.29 is 45.1 Å². The van der Waals surface area contributed by atoms with Crippen molar-refractivity contribution >= 4 is 17.3 Å². The number of halogens is 6. The molecule has 3 aromatic rings. The number of ether oxygens (including phenoxy) is 2. The van der Waals surface area contributed by atoms with Crippen LogP contribution in [0.1, 0.15) is 20.8 Å². The minimum Gasteiger partial charge on any atom is -0.465 e. The van der Waals surface area contributed by atoms with Gasteiger partial charge in [0.2, 0.25) is 5.88 Å². The summed E-state index contributed by atoms with van der Waals surface area (Å²) in [7, 11) is 2.41. The number of carbonyl (C=O) groups is 1. The number of thiophene rings is 1. The standard InChI is InChI=1S/C18H12F6N4O4S/c1-7-13(28(2)26-14(7)31-18(23,24)16(19)17(20,21)22)9-5-10(32-27-9)11-4-8(15(29)30-3)12(6-25)33-11/h4-5,16H,1-3H3. The zero-order valence-electron chi connectivity index (χ0n) is 16.8. The quantitative estimate of drug-likeness (QED) is 0.363. The number of nitriles is 1. The Kier molecular flexibility index (Phi) is 6.16. The van der Waals surface area contributed by atoms with Crippen LogP contribution in [0, 0.1) is 18.3 Å². The van der Waals surface area contributed by atoms with E-state index in [1.807, 2.05) is 6.07 Å². The lowest BCUT2D eigenvalue weighted by Crippen LogP contribution is -2.45. The maximum absolute atomic E-state index is 13.7. The number of aryl methyl sites for hydroxylation is 1. The van der Waals surface area contributed by atoms with Gasteiger partial charge in [-0.3, -0.25) is 4.68 Å². The predicted octanol–water partition coefficient (Wildman–Crippen LogP) is 4.64. The van der Waals surface area contributed by atoms with Crippen molar-refractivity contribution in [1.82, 2.24) is 14.9 Å². The molecule has 0 saturated heterocycles. The van der Waals surface area contributed by atoms with Gasteiger partial charge in [-0.1, -0.05) is 5.16 Å². The van der Waals surface area contributed by atoms with Crippen LogP contribution in [0.15, 0.2) is 16.7 Å². The van der Waals surface area contributed by atoms with Gasteiger partial charge in [-0.2, -0.15) is 27.2 Å². The number of hydrogen-bond donors (Lipinski definition) is 0. The minimum absolute atomic E-state index is 0.00183. The number of carbonyl (C=O) groups excluding carboxylic acids is 1. The molecule has 0 aliphatic heterocycles. The zero-order chi connectivity index (χ0) is 24.7. The van der Waals surface area contributed by atoms with Crippen LogP contribution in [-0.2, 0) is 11.8 Å². The molecule has 0 fully saturated rings. The molecule has 15 heteroatoms. The van der Waals surface area contributed by atoms with Crippen molar-refractivity contribution in [3.8, 4) is 34.0 Å². The second kappa shape index (κ2) is 8.43. The molecule has 0 saturated carbocycles. The van der Waals surface area contributed by atoms with E-state index in [1.165, 1.54) is 26.1 Å². The fourth-order valence-corrected chi connectivity index (χ4v) is 3.68. The smallest absolute Gasteiger partial charge is 0.440 e. The fourth-order valence-electron chi connectivity index (χ4n) is 2.79. The highest BCUT2D eigenvalue weighted by Gasteiger charge is 2.59. The Morgan fingerprint density at radius 2 is 1.97 bits per heavy atom. The number of methoxy groups -OCH3 is 1. The molecule has 0 aliphatic carbocycles. The first-order chi connectivity index (χ1) is 15.3. The molecule has 8 nitrogen and oxygen atoms in total. The van der Waals surface area contributed by atoms with Crippen LogP contribution in [0.4, 0.5) is 26.3 Å². The van der Waals surface area contributed by atoms with Crippen molar-refractivity contribution in [3.05, 3.63) is 28.1 Å². The van der Waals surface area contributed by atoms with E-state index in [0.717, 1.165) is 23.1 Å². The molecule has 176 valence electrons. The van der Waals surface area contributed by atoms with Crippen molar-refractivity contribution in [3.63, 3.8) is 0 Å². The van der Waals surface area contributed by atoms with Crippen molar-refractivity contribution in [2.75, 3.05) is 7.11 Å². The second-order valence-electron chi connectivity index (χ2n) is 6.50. The molecular formula is C18H12F6N4O4S. The molecule has 0 N–H and O–H groups in total. The average molecular weight is 494 g/mol. The van der Waals surface area contributed by atoms with Crippen molar-refractivity contribution in [2.24, 2.45) is 7.05 Å². The van der Waals surface area contributed by atoms with Gasteiger partial charge in [-0.05, 0) is 13.0 Å². The summed E-state index contributed by atoms with van der Waals surface area (Å²) >= 11 is 0.902. The first-order valence-corrected chi connectivity index (χ1v) is 9.52. The molecule has 0 bridgehead atoms. The number of hydrogen-bond acceptors (Lipinski definition) is 8. The summed E-state index contributed by atoms with van der Waals surface area (Å²) < 4.78 is 92.3. The largest absolute Gasteiger partial charge is 0.465 e. The van der Waals surface area contributed by atoms with E-state index >= 15 is 0 Å². The second-order valence-corrected chi connectivity index (χ2v) is 7.56. The van der Waals surface area contributed by atoms with Crippen LogP contribution < -0.4 is 4.74 Å². The Bertz CT molecular complexity index is 1240. The lowest BCUT2D eigenvalue weighted by Gasteiger charge is -2.22. The van der Waals surface area contributed by atoms with Crippen LogP contribution in [0.5, 0.6) is 5.88 Å². The monoisotopic (exact) mass is 494 g/mol. The lowest BCUT2D eigenvalue weighted by atomic mass is 10.2. The number of alkyl halides is 6. The van der Waals surface area contributed by atoms with Crippen LogP contribution in [0.25, 0.3) is 22.0 Å². The summed E-state index contributed by atoms with van der Waals surface area (Å²) in [4.78, 5) is 12.2. The van der Waals surface area contributed by atoms with E-state index in [0.29, 0.717) is 4.88 Å². The topological polar surface area (TPSA) is 103 Å². The summed E-state index contributed by atoms with van der Waals surface area (Å²) in [5, 5.41) is 16.5. The lowest BCUT2D eigenvalue weighted by molar-refractivity contribution is -0.305. The molecule has 3 heterocycles. The van der Waals surface area contributed by atoms with Gasteiger partial charge >= 0.3 is 18.3 Å². The molecule has 33 heavy (non-hydrogen) atoms. The summed E-state index contributed by atoms with van der Waals surface area (Å²) in [6.07, 6.45) is -15.6. The van der Waals surface area contributed by atoms with Gasteiger partial charge in [0.25, 0.3) is 6.17 Å². The normalized spacial score (nSPS) is 13.0. The fraction of sp³-hybridized carbons (Fsp3) is 0.333. The van der Waals surface area contributed by atoms with Gasteiger partial charge < -0.3 is 14.0 Å². The van der Waals surface area contributed by atoms with Crippen LogP contribution in [-0.4, -0.2) is 46.5 Å². The molecule has 3 rings (SSSR count). The van der Waals surface area contributed by atoms with E-state index < -0.39 is 30.3 Å². The van der Waals surface area contributed by atoms with Gasteiger partial charge in [0.15, 0.2) is 5.76 Å². The predicted molar refractivity (Wildman–Crippen MR) is 99.3 cm³/mol. The van der Waals surface area contributed by atoms with Crippen LogP contribution in [0.3, 0.4) is 0 Å². The highest BCUT2D eigenvalue weighted by atomic mass is 32.1. The molecule has 0 aromatic carbocycles. The highest BCUT2D eigenvalue weighted by molar-refractivity contribution is 7.16. The molecule has 0 aliphatic rings. The molecular weight excluding hydrogens is 482 g/mol. The zero-order valence-corrected chi connectivity index (χ0v) is 17.6. The van der Waals surface area contributed by atoms with Gasteiger partial charge in [-0.25, -0.2) is 9.18 Å². The Labute approximate surface area is 184 Å². The molecule has 0 amide bonds. The molecule has 0 radical (unpaired) electrons. The van der Waals surface area contributed by atoms with Gasteiger partial charge in [-0.15, -0.1) is 16.4 Å². The Morgan fingerprint density at radius 3 is 2.55 bits per heavy atom.